The van der Waals surface area contributed by atoms with Gasteiger partial charge in [0.2, 0.25) is 0 Å². The van der Waals surface area contributed by atoms with Gasteiger partial charge in [-0.1, -0.05) is 44.1 Å². The van der Waals surface area contributed by atoms with Crippen LogP contribution in [0.15, 0.2) is 29.4 Å². The predicted octanol–water partition coefficient (Wildman–Crippen LogP) is 2.08. The lowest BCUT2D eigenvalue weighted by molar-refractivity contribution is 0.318. The number of hydrogen-bond acceptors (Lipinski definition) is 2. The van der Waals surface area contributed by atoms with E-state index in [2.05, 4.69) is 25.9 Å². The molecule has 14 heavy (non-hydrogen) atoms. The quantitative estimate of drug-likeness (QED) is 0.310. The number of benzene rings is 1. The second kappa shape index (κ2) is 3.70. The molecule has 0 bridgehead atoms. The highest BCUT2D eigenvalue weighted by Gasteiger charge is 2.14. The summed E-state index contributed by atoms with van der Waals surface area (Å²) in [5, 5.41) is 11.5. The molecule has 0 radical (unpaired) electrons. The van der Waals surface area contributed by atoms with Crippen LogP contribution in [0.5, 0.6) is 0 Å². The largest absolute Gasteiger partial charge is 0.409 e. The molecule has 0 aromatic heterocycles. The molecule has 0 heterocycles. The third-order valence-electron chi connectivity index (χ3n) is 2.13. The first-order valence-corrected chi connectivity index (χ1v) is 4.53. The van der Waals surface area contributed by atoms with E-state index in [-0.39, 0.29) is 11.3 Å². The van der Waals surface area contributed by atoms with Crippen LogP contribution in [0.1, 0.15) is 31.9 Å². The van der Waals surface area contributed by atoms with Gasteiger partial charge in [0.1, 0.15) is 0 Å². The van der Waals surface area contributed by atoms with E-state index in [1.165, 1.54) is 5.56 Å². The first-order valence-electron chi connectivity index (χ1n) is 4.53. The summed E-state index contributed by atoms with van der Waals surface area (Å²) in [7, 11) is 0. The zero-order chi connectivity index (χ0) is 10.8. The number of nitrogens with two attached hydrogens (primary N) is 1. The van der Waals surface area contributed by atoms with Crippen molar-refractivity contribution in [3.63, 3.8) is 0 Å². The molecule has 0 unspecified atom stereocenters. The molecule has 0 saturated carbocycles. The molecule has 0 saturated heterocycles. The van der Waals surface area contributed by atoms with Gasteiger partial charge in [-0.2, -0.15) is 0 Å². The number of hydrogen-bond donors (Lipinski definition) is 2. The molecule has 0 spiro atoms. The summed E-state index contributed by atoms with van der Waals surface area (Å²) in [5.74, 6) is 0.149. The Kier molecular flexibility index (Phi) is 2.79. The van der Waals surface area contributed by atoms with E-state index in [0.29, 0.717) is 0 Å². The van der Waals surface area contributed by atoms with E-state index >= 15 is 0 Å². The summed E-state index contributed by atoms with van der Waals surface area (Å²) in [6.07, 6.45) is 0. The van der Waals surface area contributed by atoms with E-state index in [1.54, 1.807) is 0 Å². The van der Waals surface area contributed by atoms with Crippen LogP contribution in [0.3, 0.4) is 0 Å². The first kappa shape index (κ1) is 10.6. The Labute approximate surface area is 84.2 Å². The van der Waals surface area contributed by atoms with Crippen molar-refractivity contribution in [2.75, 3.05) is 0 Å². The molecule has 0 amide bonds. The van der Waals surface area contributed by atoms with Crippen LogP contribution >= 0.6 is 0 Å². The molecule has 0 fully saturated rings. The Morgan fingerprint density at radius 3 is 2.50 bits per heavy atom. The molecule has 3 heteroatoms. The van der Waals surface area contributed by atoms with E-state index in [4.69, 9.17) is 10.9 Å². The Morgan fingerprint density at radius 2 is 2.00 bits per heavy atom. The zero-order valence-corrected chi connectivity index (χ0v) is 8.78. The van der Waals surface area contributed by atoms with Crippen LogP contribution in [0.25, 0.3) is 0 Å². The van der Waals surface area contributed by atoms with Crippen molar-refractivity contribution in [3.05, 3.63) is 35.4 Å². The van der Waals surface area contributed by atoms with Crippen LogP contribution in [0.2, 0.25) is 0 Å². The fourth-order valence-electron chi connectivity index (χ4n) is 1.20. The molecular weight excluding hydrogens is 176 g/mol. The van der Waals surface area contributed by atoms with Crippen molar-refractivity contribution in [1.29, 1.82) is 0 Å². The second-order valence-corrected chi connectivity index (χ2v) is 4.32. The summed E-state index contributed by atoms with van der Waals surface area (Å²) >= 11 is 0. The molecular formula is C11H16N2O. The average molecular weight is 192 g/mol. The van der Waals surface area contributed by atoms with Gasteiger partial charge in [-0.25, -0.2) is 0 Å². The van der Waals surface area contributed by atoms with Gasteiger partial charge in [-0.15, -0.1) is 0 Å². The molecule has 76 valence electrons. The molecule has 0 aliphatic rings. The van der Waals surface area contributed by atoms with Gasteiger partial charge in [-0.05, 0) is 17.0 Å². The van der Waals surface area contributed by atoms with Crippen molar-refractivity contribution in [2.45, 2.75) is 26.2 Å². The predicted molar refractivity (Wildman–Crippen MR) is 57.7 cm³/mol. The van der Waals surface area contributed by atoms with E-state index in [9.17, 15) is 0 Å². The van der Waals surface area contributed by atoms with Crippen LogP contribution in [0, 0.1) is 0 Å². The van der Waals surface area contributed by atoms with Crippen LogP contribution in [-0.4, -0.2) is 11.0 Å². The molecule has 1 rings (SSSR count). The summed E-state index contributed by atoms with van der Waals surface area (Å²) in [5.41, 5.74) is 7.50. The van der Waals surface area contributed by atoms with E-state index < -0.39 is 0 Å². The summed E-state index contributed by atoms with van der Waals surface area (Å²) in [4.78, 5) is 0. The van der Waals surface area contributed by atoms with Crippen LogP contribution in [-0.2, 0) is 5.41 Å². The maximum absolute atomic E-state index is 8.54. The van der Waals surface area contributed by atoms with Crippen molar-refractivity contribution in [1.82, 2.24) is 0 Å². The molecule has 3 nitrogen and oxygen atoms in total. The highest BCUT2D eigenvalue weighted by molar-refractivity contribution is 5.97. The lowest BCUT2D eigenvalue weighted by Gasteiger charge is -2.19. The minimum absolute atomic E-state index is 0.0751. The van der Waals surface area contributed by atoms with Gasteiger partial charge in [-0.3, -0.25) is 0 Å². The summed E-state index contributed by atoms with van der Waals surface area (Å²) in [6.45, 7) is 6.37. The number of amidine groups is 1. The SMILES string of the molecule is CC(C)(C)c1cccc(/C(N)=N/O)c1. The number of oxime groups is 1. The van der Waals surface area contributed by atoms with Crippen molar-refractivity contribution >= 4 is 5.84 Å². The first-order chi connectivity index (χ1) is 6.45. The number of nitrogens with zero attached hydrogens (tertiary/aromatic N) is 1. The van der Waals surface area contributed by atoms with Crippen molar-refractivity contribution < 1.29 is 5.21 Å². The fourth-order valence-corrected chi connectivity index (χ4v) is 1.20. The third-order valence-corrected chi connectivity index (χ3v) is 2.13. The van der Waals surface area contributed by atoms with Gasteiger partial charge < -0.3 is 10.9 Å². The zero-order valence-electron chi connectivity index (χ0n) is 8.78. The lowest BCUT2D eigenvalue weighted by atomic mass is 9.86. The highest BCUT2D eigenvalue weighted by atomic mass is 16.4. The van der Waals surface area contributed by atoms with Crippen LogP contribution in [0.4, 0.5) is 0 Å². The van der Waals surface area contributed by atoms with Gasteiger partial charge in [0.25, 0.3) is 0 Å². The van der Waals surface area contributed by atoms with Gasteiger partial charge in [0.05, 0.1) is 0 Å². The van der Waals surface area contributed by atoms with E-state index in [0.717, 1.165) is 5.56 Å². The standard InChI is InChI=1S/C11H16N2O/c1-11(2,3)9-6-4-5-8(7-9)10(12)13-14/h4-7,14H,1-3H3,(H2,12,13). The molecule has 0 atom stereocenters. The van der Waals surface area contributed by atoms with E-state index in [1.807, 2.05) is 24.3 Å². The lowest BCUT2D eigenvalue weighted by Crippen LogP contribution is -2.16. The van der Waals surface area contributed by atoms with Gasteiger partial charge >= 0.3 is 0 Å². The topological polar surface area (TPSA) is 58.6 Å². The van der Waals surface area contributed by atoms with Crippen molar-refractivity contribution in [2.24, 2.45) is 10.9 Å². The fraction of sp³-hybridized carbons (Fsp3) is 0.364. The molecule has 0 aliphatic carbocycles. The normalized spacial score (nSPS) is 12.9. The van der Waals surface area contributed by atoms with Gasteiger partial charge in [0, 0.05) is 5.56 Å². The third kappa shape index (κ3) is 2.25. The number of rotatable bonds is 1. The maximum Gasteiger partial charge on any atom is 0.170 e. The van der Waals surface area contributed by atoms with Crippen molar-refractivity contribution in [3.8, 4) is 0 Å². The minimum Gasteiger partial charge on any atom is -0.409 e. The highest BCUT2D eigenvalue weighted by Crippen LogP contribution is 2.22. The monoisotopic (exact) mass is 192 g/mol. The Morgan fingerprint density at radius 1 is 1.36 bits per heavy atom. The summed E-state index contributed by atoms with van der Waals surface area (Å²) in [6, 6.07) is 7.71. The van der Waals surface area contributed by atoms with Gasteiger partial charge in [0.15, 0.2) is 5.84 Å². The molecule has 1 aromatic rings. The summed E-state index contributed by atoms with van der Waals surface area (Å²) < 4.78 is 0. The molecule has 3 N–H and O–H groups in total. The maximum atomic E-state index is 8.54. The van der Waals surface area contributed by atoms with Crippen LogP contribution < -0.4 is 5.73 Å². The Balaban J connectivity index is 3.14. The average Bonchev–Trinajstić information content (AvgIpc) is 2.15. The minimum atomic E-state index is 0.0751. The smallest absolute Gasteiger partial charge is 0.170 e. The Hall–Kier alpha value is -1.51. The second-order valence-electron chi connectivity index (χ2n) is 4.32. The molecule has 1 aromatic carbocycles. The Bertz CT molecular complexity index is 351. The molecule has 0 aliphatic heterocycles.